The van der Waals surface area contributed by atoms with Crippen LogP contribution in [-0.4, -0.2) is 36.8 Å². The van der Waals surface area contributed by atoms with Crippen LogP contribution in [0.4, 0.5) is 11.4 Å². The minimum absolute atomic E-state index is 0.0499. The quantitative estimate of drug-likeness (QED) is 0.475. The van der Waals surface area contributed by atoms with Crippen molar-refractivity contribution >= 4 is 33.1 Å². The van der Waals surface area contributed by atoms with Gasteiger partial charge in [0.25, 0.3) is 5.69 Å². The van der Waals surface area contributed by atoms with Gasteiger partial charge in [-0.1, -0.05) is 0 Å². The molecule has 0 saturated carbocycles. The first-order chi connectivity index (χ1) is 10.1. The number of primary sulfonamides is 1. The Hall–Kier alpha value is -2.33. The molecule has 0 aromatic heterocycles. The predicted molar refractivity (Wildman–Crippen MR) is 77.0 cm³/mol. The summed E-state index contributed by atoms with van der Waals surface area (Å²) >= 11 is 0. The van der Waals surface area contributed by atoms with Gasteiger partial charge in [0.05, 0.1) is 4.92 Å². The van der Waals surface area contributed by atoms with Gasteiger partial charge in [-0.05, 0) is 19.1 Å². The zero-order chi connectivity index (χ0) is 16.7. The standard InChI is InChI=1S/C12H13N3O6S/c1-7(16)8-2-3-10(11(4-8)15(18)19)14-6-9(5-12(14)17)22(13,20)21/h2-4,9H,5-6H2,1H3,(H2,13,20,21). The maximum atomic E-state index is 11.9. The summed E-state index contributed by atoms with van der Waals surface area (Å²) < 4.78 is 22.7. The summed E-state index contributed by atoms with van der Waals surface area (Å²) in [6, 6.07) is 3.68. The molecule has 1 unspecified atom stereocenters. The maximum Gasteiger partial charge on any atom is 0.293 e. The van der Waals surface area contributed by atoms with Crippen LogP contribution in [0.2, 0.25) is 0 Å². The largest absolute Gasteiger partial charge is 0.305 e. The summed E-state index contributed by atoms with van der Waals surface area (Å²) in [6.45, 7) is 1.01. The number of benzene rings is 1. The number of carbonyl (C=O) groups is 2. The van der Waals surface area contributed by atoms with Crippen molar-refractivity contribution in [3.63, 3.8) is 0 Å². The van der Waals surface area contributed by atoms with E-state index >= 15 is 0 Å². The smallest absolute Gasteiger partial charge is 0.293 e. The molecule has 10 heteroatoms. The second-order valence-corrected chi connectivity index (χ2v) is 6.78. The Morgan fingerprint density at radius 2 is 2.09 bits per heavy atom. The SMILES string of the molecule is CC(=O)c1ccc(N2CC(S(N)(=O)=O)CC2=O)c([N+](=O)[O-])c1. The van der Waals surface area contributed by atoms with Crippen LogP contribution in [0.15, 0.2) is 18.2 Å². The summed E-state index contributed by atoms with van der Waals surface area (Å²) in [5.41, 5.74) is -0.354. The van der Waals surface area contributed by atoms with E-state index in [-0.39, 0.29) is 30.0 Å². The fourth-order valence-corrected chi connectivity index (χ4v) is 2.98. The van der Waals surface area contributed by atoms with Crippen molar-refractivity contribution in [2.24, 2.45) is 5.14 Å². The first-order valence-electron chi connectivity index (χ1n) is 6.22. The molecule has 1 aromatic carbocycles. The summed E-state index contributed by atoms with van der Waals surface area (Å²) in [7, 11) is -3.92. The third kappa shape index (κ3) is 2.97. The second kappa shape index (κ2) is 5.46. The monoisotopic (exact) mass is 327 g/mol. The van der Waals surface area contributed by atoms with Crippen molar-refractivity contribution in [1.29, 1.82) is 0 Å². The Balaban J connectivity index is 2.47. The summed E-state index contributed by atoms with van der Waals surface area (Å²) in [5, 5.41) is 15.1. The van der Waals surface area contributed by atoms with Gasteiger partial charge >= 0.3 is 0 Å². The third-order valence-electron chi connectivity index (χ3n) is 3.42. The first kappa shape index (κ1) is 16.0. The molecule has 1 aliphatic heterocycles. The molecule has 2 N–H and O–H groups in total. The van der Waals surface area contributed by atoms with Gasteiger partial charge in [0.1, 0.15) is 10.9 Å². The number of amides is 1. The van der Waals surface area contributed by atoms with Crippen molar-refractivity contribution in [3.8, 4) is 0 Å². The highest BCUT2D eigenvalue weighted by molar-refractivity contribution is 7.89. The van der Waals surface area contributed by atoms with E-state index < -0.39 is 31.8 Å². The lowest BCUT2D eigenvalue weighted by Crippen LogP contribution is -2.32. The average Bonchev–Trinajstić information content (AvgIpc) is 2.79. The number of carbonyl (C=O) groups excluding carboxylic acids is 2. The van der Waals surface area contributed by atoms with Crippen molar-refractivity contribution < 1.29 is 22.9 Å². The lowest BCUT2D eigenvalue weighted by molar-refractivity contribution is -0.384. The number of nitro groups is 1. The molecule has 22 heavy (non-hydrogen) atoms. The second-order valence-electron chi connectivity index (χ2n) is 4.94. The van der Waals surface area contributed by atoms with Crippen LogP contribution < -0.4 is 10.0 Å². The molecule has 1 heterocycles. The molecule has 9 nitrogen and oxygen atoms in total. The molecule has 2 rings (SSSR count). The molecule has 1 fully saturated rings. The summed E-state index contributed by atoms with van der Waals surface area (Å²) in [5.74, 6) is -0.928. The van der Waals surface area contributed by atoms with Gasteiger partial charge in [-0.2, -0.15) is 0 Å². The van der Waals surface area contributed by atoms with E-state index in [4.69, 9.17) is 5.14 Å². The van der Waals surface area contributed by atoms with Crippen molar-refractivity contribution in [3.05, 3.63) is 33.9 Å². The number of nitrogens with two attached hydrogens (primary N) is 1. The molecule has 118 valence electrons. The molecule has 1 aliphatic rings. The third-order valence-corrected chi connectivity index (χ3v) is 4.67. The highest BCUT2D eigenvalue weighted by Crippen LogP contribution is 2.33. The number of rotatable bonds is 4. The number of nitro benzene ring substituents is 1. The van der Waals surface area contributed by atoms with E-state index in [9.17, 15) is 28.1 Å². The van der Waals surface area contributed by atoms with Crippen LogP contribution in [0.1, 0.15) is 23.7 Å². The number of Topliss-reactive ketones (excluding diaryl/α,β-unsaturated/α-hetero) is 1. The number of anilines is 1. The molecular formula is C12H13N3O6S. The van der Waals surface area contributed by atoms with E-state index in [2.05, 4.69) is 0 Å². The van der Waals surface area contributed by atoms with Crippen LogP contribution in [0.25, 0.3) is 0 Å². The topological polar surface area (TPSA) is 141 Å². The Bertz CT molecular complexity index is 773. The highest BCUT2D eigenvalue weighted by Gasteiger charge is 2.39. The average molecular weight is 327 g/mol. The Labute approximate surface area is 125 Å². The van der Waals surface area contributed by atoms with Gasteiger partial charge in [-0.3, -0.25) is 19.7 Å². The van der Waals surface area contributed by atoms with E-state index in [0.717, 1.165) is 11.0 Å². The van der Waals surface area contributed by atoms with Crippen LogP contribution >= 0.6 is 0 Å². The number of nitrogens with zero attached hydrogens (tertiary/aromatic N) is 2. The lowest BCUT2D eigenvalue weighted by atomic mass is 10.1. The van der Waals surface area contributed by atoms with Crippen LogP contribution in [-0.2, 0) is 14.8 Å². The van der Waals surface area contributed by atoms with Crippen molar-refractivity contribution in [2.45, 2.75) is 18.6 Å². The molecule has 1 amide bonds. The predicted octanol–water partition coefficient (Wildman–Crippen LogP) is 0.191. The lowest BCUT2D eigenvalue weighted by Gasteiger charge is -2.16. The number of hydrogen-bond donors (Lipinski definition) is 1. The Morgan fingerprint density at radius 1 is 1.45 bits per heavy atom. The van der Waals surface area contributed by atoms with Gasteiger partial charge in [-0.15, -0.1) is 0 Å². The van der Waals surface area contributed by atoms with Gasteiger partial charge in [-0.25, -0.2) is 13.6 Å². The highest BCUT2D eigenvalue weighted by atomic mass is 32.2. The molecule has 1 atom stereocenters. The summed E-state index contributed by atoms with van der Waals surface area (Å²) in [4.78, 5) is 34.7. The number of hydrogen-bond acceptors (Lipinski definition) is 6. The van der Waals surface area contributed by atoms with Gasteiger partial charge in [0, 0.05) is 24.6 Å². The Kier molecular flexibility index (Phi) is 3.98. The van der Waals surface area contributed by atoms with Gasteiger partial charge < -0.3 is 4.90 Å². The minimum atomic E-state index is -3.92. The molecule has 0 aliphatic carbocycles. The van der Waals surface area contributed by atoms with Crippen LogP contribution in [0, 0.1) is 10.1 Å². The molecule has 1 aromatic rings. The van der Waals surface area contributed by atoms with E-state index in [1.54, 1.807) is 0 Å². The van der Waals surface area contributed by atoms with E-state index in [1.807, 2.05) is 0 Å². The Morgan fingerprint density at radius 3 is 2.55 bits per heavy atom. The van der Waals surface area contributed by atoms with Crippen molar-refractivity contribution in [1.82, 2.24) is 0 Å². The molecule has 0 radical (unpaired) electrons. The van der Waals surface area contributed by atoms with E-state index in [0.29, 0.717) is 0 Å². The number of ketones is 1. The zero-order valence-corrected chi connectivity index (χ0v) is 12.4. The fourth-order valence-electron chi connectivity index (χ4n) is 2.24. The molecule has 0 spiro atoms. The van der Waals surface area contributed by atoms with Crippen LogP contribution in [0.3, 0.4) is 0 Å². The minimum Gasteiger partial charge on any atom is -0.305 e. The molecular weight excluding hydrogens is 314 g/mol. The van der Waals surface area contributed by atoms with Crippen LogP contribution in [0.5, 0.6) is 0 Å². The molecule has 0 bridgehead atoms. The summed E-state index contributed by atoms with van der Waals surface area (Å²) in [6.07, 6.45) is -0.329. The first-order valence-corrected chi connectivity index (χ1v) is 7.83. The molecule has 1 saturated heterocycles. The zero-order valence-electron chi connectivity index (χ0n) is 11.6. The van der Waals surface area contributed by atoms with Crippen molar-refractivity contribution in [2.75, 3.05) is 11.4 Å². The normalized spacial score (nSPS) is 18.5. The van der Waals surface area contributed by atoms with E-state index in [1.165, 1.54) is 19.1 Å². The van der Waals surface area contributed by atoms with Gasteiger partial charge in [0.2, 0.25) is 15.9 Å². The maximum absolute atomic E-state index is 11.9. The van der Waals surface area contributed by atoms with Gasteiger partial charge in [0.15, 0.2) is 5.78 Å². The fraction of sp³-hybridized carbons (Fsp3) is 0.333. The number of sulfonamides is 1.